The fourth-order valence-corrected chi connectivity index (χ4v) is 1.97. The number of hydrogen-bond acceptors (Lipinski definition) is 2. The first-order valence-corrected chi connectivity index (χ1v) is 7.38. The highest BCUT2D eigenvalue weighted by atomic mass is 19.4. The molecular formula is C16H24F3NO. The third-order valence-corrected chi connectivity index (χ3v) is 3.27. The molecule has 1 rings (SSSR count). The number of nitrogens with one attached hydrogen (secondary N) is 1. The largest absolute Gasteiger partial charge is 0.490 e. The third kappa shape index (κ3) is 5.58. The summed E-state index contributed by atoms with van der Waals surface area (Å²) >= 11 is 0. The Morgan fingerprint density at radius 2 is 1.76 bits per heavy atom. The summed E-state index contributed by atoms with van der Waals surface area (Å²) in [7, 11) is 0. The fraction of sp³-hybridized carbons (Fsp3) is 0.625. The lowest BCUT2D eigenvalue weighted by Crippen LogP contribution is -2.22. The maximum Gasteiger partial charge on any atom is 0.419 e. The molecule has 5 heteroatoms. The molecule has 0 aromatic heterocycles. The van der Waals surface area contributed by atoms with Crippen molar-refractivity contribution in [1.29, 1.82) is 0 Å². The quantitative estimate of drug-likeness (QED) is 0.783. The van der Waals surface area contributed by atoms with Gasteiger partial charge in [0.25, 0.3) is 0 Å². The van der Waals surface area contributed by atoms with Gasteiger partial charge >= 0.3 is 6.18 Å². The van der Waals surface area contributed by atoms with Crippen LogP contribution in [0.5, 0.6) is 5.75 Å². The molecule has 0 aliphatic heterocycles. The molecule has 1 aromatic carbocycles. The van der Waals surface area contributed by atoms with Crippen LogP contribution in [0.4, 0.5) is 13.2 Å². The Morgan fingerprint density at radius 1 is 1.14 bits per heavy atom. The first kappa shape index (κ1) is 17.8. The molecule has 1 N–H and O–H groups in total. The maximum absolute atomic E-state index is 13.2. The summed E-state index contributed by atoms with van der Waals surface area (Å²) in [4.78, 5) is 0. The zero-order valence-corrected chi connectivity index (χ0v) is 13.1. The Morgan fingerprint density at radius 3 is 2.24 bits per heavy atom. The lowest BCUT2D eigenvalue weighted by Gasteiger charge is -2.20. The molecule has 1 aromatic rings. The Labute approximate surface area is 124 Å². The van der Waals surface area contributed by atoms with Gasteiger partial charge in [-0.2, -0.15) is 13.2 Å². The Hall–Kier alpha value is -1.23. The molecule has 0 saturated carbocycles. The van der Waals surface area contributed by atoms with Gasteiger partial charge in [-0.1, -0.05) is 33.8 Å². The zero-order chi connectivity index (χ0) is 16.0. The molecule has 0 amide bonds. The molecule has 0 aliphatic carbocycles. The summed E-state index contributed by atoms with van der Waals surface area (Å²) in [6, 6.07) is 4.51. The first-order valence-electron chi connectivity index (χ1n) is 7.38. The van der Waals surface area contributed by atoms with Crippen molar-refractivity contribution < 1.29 is 17.9 Å². The van der Waals surface area contributed by atoms with E-state index in [1.807, 2.05) is 27.7 Å². The molecule has 0 spiro atoms. The summed E-state index contributed by atoms with van der Waals surface area (Å²) in [5.41, 5.74) is -0.0922. The molecule has 2 nitrogen and oxygen atoms in total. The van der Waals surface area contributed by atoms with Crippen LogP contribution in [0.3, 0.4) is 0 Å². The van der Waals surface area contributed by atoms with E-state index in [1.54, 1.807) is 6.07 Å². The molecule has 120 valence electrons. The highest BCUT2D eigenvalue weighted by Crippen LogP contribution is 2.37. The van der Waals surface area contributed by atoms with Gasteiger partial charge in [-0.15, -0.1) is 0 Å². The number of halogens is 3. The second-order valence-corrected chi connectivity index (χ2v) is 5.42. The van der Waals surface area contributed by atoms with Crippen LogP contribution < -0.4 is 10.1 Å². The maximum atomic E-state index is 13.2. The molecule has 21 heavy (non-hydrogen) atoms. The van der Waals surface area contributed by atoms with Crippen molar-refractivity contribution in [2.24, 2.45) is 0 Å². The normalized spacial score (nSPS) is 12.2. The minimum atomic E-state index is -4.41. The SMILES string of the molecule is CCC(CC)Oc1ccc(CNC(C)C)cc1C(F)(F)F. The predicted molar refractivity (Wildman–Crippen MR) is 78.4 cm³/mol. The Kier molecular flexibility index (Phi) is 6.52. The molecule has 0 radical (unpaired) electrons. The zero-order valence-electron chi connectivity index (χ0n) is 13.1. The van der Waals surface area contributed by atoms with Crippen LogP contribution in [0, 0.1) is 0 Å². The number of ether oxygens (including phenoxy) is 1. The van der Waals surface area contributed by atoms with Crippen molar-refractivity contribution in [3.8, 4) is 5.75 Å². The van der Waals surface area contributed by atoms with Gasteiger partial charge < -0.3 is 10.1 Å². The van der Waals surface area contributed by atoms with Crippen LogP contribution >= 0.6 is 0 Å². The average molecular weight is 303 g/mol. The van der Waals surface area contributed by atoms with Crippen LogP contribution in [0.1, 0.15) is 51.7 Å². The van der Waals surface area contributed by atoms with Gasteiger partial charge in [-0.25, -0.2) is 0 Å². The predicted octanol–water partition coefficient (Wildman–Crippen LogP) is 4.77. The van der Waals surface area contributed by atoms with E-state index in [0.717, 1.165) is 0 Å². The van der Waals surface area contributed by atoms with Crippen molar-refractivity contribution in [2.75, 3.05) is 0 Å². The monoisotopic (exact) mass is 303 g/mol. The van der Waals surface area contributed by atoms with Crippen molar-refractivity contribution in [1.82, 2.24) is 5.32 Å². The third-order valence-electron chi connectivity index (χ3n) is 3.27. The summed E-state index contributed by atoms with van der Waals surface area (Å²) in [5.74, 6) is -0.0792. The van der Waals surface area contributed by atoms with Crippen molar-refractivity contribution in [3.63, 3.8) is 0 Å². The lowest BCUT2D eigenvalue weighted by atomic mass is 10.1. The molecule has 0 saturated heterocycles. The first-order chi connectivity index (χ1) is 9.77. The van der Waals surface area contributed by atoms with Gasteiger partial charge in [-0.05, 0) is 30.5 Å². The fourth-order valence-electron chi connectivity index (χ4n) is 1.97. The summed E-state index contributed by atoms with van der Waals surface area (Å²) < 4.78 is 45.1. The molecule has 0 bridgehead atoms. The summed E-state index contributed by atoms with van der Waals surface area (Å²) in [6.07, 6.45) is -3.23. The van der Waals surface area contributed by atoms with E-state index in [1.165, 1.54) is 12.1 Å². The second-order valence-electron chi connectivity index (χ2n) is 5.42. The van der Waals surface area contributed by atoms with Crippen molar-refractivity contribution in [2.45, 2.75) is 65.4 Å². The Balaban J connectivity index is 3.02. The van der Waals surface area contributed by atoms with E-state index in [-0.39, 0.29) is 17.9 Å². The van der Waals surface area contributed by atoms with E-state index in [0.29, 0.717) is 24.9 Å². The van der Waals surface area contributed by atoms with E-state index in [4.69, 9.17) is 4.74 Å². The van der Waals surface area contributed by atoms with Gasteiger partial charge in [-0.3, -0.25) is 0 Å². The highest BCUT2D eigenvalue weighted by Gasteiger charge is 2.35. The van der Waals surface area contributed by atoms with E-state index < -0.39 is 11.7 Å². The molecule has 0 atom stereocenters. The van der Waals surface area contributed by atoms with Crippen molar-refractivity contribution >= 4 is 0 Å². The molecular weight excluding hydrogens is 279 g/mol. The summed E-state index contributed by atoms with van der Waals surface area (Å²) in [6.45, 7) is 8.13. The Bertz CT molecular complexity index is 440. The number of rotatable bonds is 7. The van der Waals surface area contributed by atoms with E-state index in [2.05, 4.69) is 5.32 Å². The van der Waals surface area contributed by atoms with Crippen LogP contribution in [-0.4, -0.2) is 12.1 Å². The van der Waals surface area contributed by atoms with Gasteiger partial charge in [0.05, 0.1) is 11.7 Å². The topological polar surface area (TPSA) is 21.3 Å². The number of benzene rings is 1. The smallest absolute Gasteiger partial charge is 0.419 e. The van der Waals surface area contributed by atoms with Crippen molar-refractivity contribution in [3.05, 3.63) is 29.3 Å². The molecule has 0 unspecified atom stereocenters. The molecule has 0 heterocycles. The van der Waals surface area contributed by atoms with Crippen LogP contribution in [0.15, 0.2) is 18.2 Å². The number of hydrogen-bond donors (Lipinski definition) is 1. The highest BCUT2D eigenvalue weighted by molar-refractivity contribution is 5.39. The van der Waals surface area contributed by atoms with Gasteiger partial charge in [0.2, 0.25) is 0 Å². The number of alkyl halides is 3. The van der Waals surface area contributed by atoms with Crippen LogP contribution in [0.25, 0.3) is 0 Å². The van der Waals surface area contributed by atoms with Crippen LogP contribution in [0.2, 0.25) is 0 Å². The van der Waals surface area contributed by atoms with Gasteiger partial charge in [0.15, 0.2) is 0 Å². The minimum Gasteiger partial charge on any atom is -0.490 e. The van der Waals surface area contributed by atoms with Gasteiger partial charge in [0.1, 0.15) is 5.75 Å². The van der Waals surface area contributed by atoms with E-state index >= 15 is 0 Å². The second kappa shape index (κ2) is 7.69. The van der Waals surface area contributed by atoms with Crippen LogP contribution in [-0.2, 0) is 12.7 Å². The van der Waals surface area contributed by atoms with Gasteiger partial charge in [0, 0.05) is 12.6 Å². The molecule has 0 aliphatic rings. The van der Waals surface area contributed by atoms with E-state index in [9.17, 15) is 13.2 Å². The summed E-state index contributed by atoms with van der Waals surface area (Å²) in [5, 5.41) is 3.11. The lowest BCUT2D eigenvalue weighted by molar-refractivity contribution is -0.139. The standard InChI is InChI=1S/C16H24F3NO/c1-5-13(6-2)21-15-8-7-12(10-20-11(3)4)9-14(15)16(17,18)19/h7-9,11,13,20H,5-6,10H2,1-4H3. The minimum absolute atomic E-state index is 0.0792. The molecule has 0 fully saturated rings. The average Bonchev–Trinajstić information content (AvgIpc) is 2.42.